The average molecular weight is 184 g/mol. The van der Waals surface area contributed by atoms with Crippen molar-refractivity contribution in [1.82, 2.24) is 4.90 Å². The van der Waals surface area contributed by atoms with E-state index in [0.717, 1.165) is 19.4 Å². The number of nitrogens with two attached hydrogens (primary N) is 1. The quantitative estimate of drug-likeness (QED) is 0.610. The molecule has 4 nitrogen and oxygen atoms in total. The minimum absolute atomic E-state index is 0.0696. The van der Waals surface area contributed by atoms with Gasteiger partial charge in [0.1, 0.15) is 0 Å². The van der Waals surface area contributed by atoms with Gasteiger partial charge in [-0.1, -0.05) is 0 Å². The molecule has 1 aliphatic carbocycles. The van der Waals surface area contributed by atoms with E-state index in [1.54, 1.807) is 0 Å². The third-order valence-electron chi connectivity index (χ3n) is 2.98. The van der Waals surface area contributed by atoms with Crippen LogP contribution in [0.1, 0.15) is 19.3 Å². The van der Waals surface area contributed by atoms with Gasteiger partial charge in [0.25, 0.3) is 0 Å². The number of hydrogen-bond donors (Lipinski definition) is 1. The van der Waals surface area contributed by atoms with Gasteiger partial charge in [-0.3, -0.25) is 4.79 Å². The lowest BCUT2D eigenvalue weighted by molar-refractivity contribution is -0.142. The number of carbonyl (C=O) groups is 1. The molecule has 0 spiro atoms. The van der Waals surface area contributed by atoms with Gasteiger partial charge in [-0.2, -0.15) is 0 Å². The molecule has 74 valence electrons. The van der Waals surface area contributed by atoms with E-state index in [9.17, 15) is 4.79 Å². The van der Waals surface area contributed by atoms with E-state index in [0.29, 0.717) is 12.6 Å². The smallest absolute Gasteiger partial charge is 0.236 e. The van der Waals surface area contributed by atoms with Crippen molar-refractivity contribution in [3.63, 3.8) is 0 Å². The molecule has 0 aromatic heterocycles. The highest BCUT2D eigenvalue weighted by Crippen LogP contribution is 2.29. The Kier molecular flexibility index (Phi) is 2.51. The molecule has 0 bridgehead atoms. The molecule has 1 aliphatic heterocycles. The molecule has 1 amide bonds. The summed E-state index contributed by atoms with van der Waals surface area (Å²) < 4.78 is 5.59. The molecule has 2 N–H and O–H groups in total. The van der Waals surface area contributed by atoms with E-state index < -0.39 is 0 Å². The Morgan fingerprint density at radius 1 is 1.54 bits per heavy atom. The van der Waals surface area contributed by atoms with Gasteiger partial charge in [0.15, 0.2) is 0 Å². The number of rotatable bonds is 1. The van der Waals surface area contributed by atoms with Gasteiger partial charge in [0.2, 0.25) is 5.91 Å². The number of hydrogen-bond acceptors (Lipinski definition) is 3. The first-order valence-electron chi connectivity index (χ1n) is 4.94. The summed E-state index contributed by atoms with van der Waals surface area (Å²) in [7, 11) is 0. The van der Waals surface area contributed by atoms with Crippen LogP contribution in [-0.4, -0.2) is 42.6 Å². The maximum absolute atomic E-state index is 11.5. The highest BCUT2D eigenvalue weighted by molar-refractivity contribution is 5.78. The number of nitrogens with zero attached hydrogens (tertiary/aromatic N) is 1. The van der Waals surface area contributed by atoms with Gasteiger partial charge in [0, 0.05) is 6.54 Å². The van der Waals surface area contributed by atoms with Crippen LogP contribution >= 0.6 is 0 Å². The Balaban J connectivity index is 2.05. The van der Waals surface area contributed by atoms with Crippen LogP contribution in [-0.2, 0) is 9.53 Å². The molecule has 2 rings (SSSR count). The first kappa shape index (κ1) is 8.97. The van der Waals surface area contributed by atoms with E-state index in [-0.39, 0.29) is 18.6 Å². The maximum atomic E-state index is 11.5. The second-order valence-electron chi connectivity index (χ2n) is 3.70. The molecular weight excluding hydrogens is 168 g/mol. The summed E-state index contributed by atoms with van der Waals surface area (Å²) >= 11 is 0. The summed E-state index contributed by atoms with van der Waals surface area (Å²) in [6.07, 6.45) is 3.63. The van der Waals surface area contributed by atoms with Crippen molar-refractivity contribution in [3.05, 3.63) is 0 Å². The molecule has 0 aromatic rings. The molecule has 1 saturated carbocycles. The Morgan fingerprint density at radius 2 is 2.38 bits per heavy atom. The van der Waals surface area contributed by atoms with Crippen LogP contribution in [0.15, 0.2) is 0 Å². The van der Waals surface area contributed by atoms with E-state index in [4.69, 9.17) is 10.5 Å². The predicted octanol–water partition coefficient (Wildman–Crippen LogP) is -0.275. The molecule has 0 aromatic carbocycles. The molecule has 0 unspecified atom stereocenters. The number of amides is 1. The lowest BCUT2D eigenvalue weighted by Gasteiger charge is -2.37. The molecule has 1 saturated heterocycles. The molecule has 4 heteroatoms. The van der Waals surface area contributed by atoms with Gasteiger partial charge in [-0.05, 0) is 19.3 Å². The van der Waals surface area contributed by atoms with E-state index in [1.807, 2.05) is 4.90 Å². The zero-order valence-corrected chi connectivity index (χ0v) is 7.74. The van der Waals surface area contributed by atoms with Crippen LogP contribution in [0.5, 0.6) is 0 Å². The van der Waals surface area contributed by atoms with Crippen LogP contribution in [0.25, 0.3) is 0 Å². The topological polar surface area (TPSA) is 55.6 Å². The average Bonchev–Trinajstić information content (AvgIpc) is 2.63. The van der Waals surface area contributed by atoms with Crippen molar-refractivity contribution in [3.8, 4) is 0 Å². The van der Waals surface area contributed by atoms with E-state index in [1.165, 1.54) is 6.42 Å². The molecule has 2 aliphatic rings. The van der Waals surface area contributed by atoms with Gasteiger partial charge >= 0.3 is 0 Å². The summed E-state index contributed by atoms with van der Waals surface area (Å²) in [5.74, 6) is 0.0696. The van der Waals surface area contributed by atoms with Gasteiger partial charge < -0.3 is 15.4 Å². The number of ether oxygens (including phenoxy) is 1. The summed E-state index contributed by atoms with van der Waals surface area (Å²) in [5.41, 5.74) is 5.35. The van der Waals surface area contributed by atoms with Crippen LogP contribution in [0.4, 0.5) is 0 Å². The lowest BCUT2D eigenvalue weighted by atomic mass is 10.1. The number of fused-ring (bicyclic) bond motifs is 1. The normalized spacial score (nSPS) is 33.2. The summed E-state index contributed by atoms with van der Waals surface area (Å²) in [5, 5.41) is 0. The largest absolute Gasteiger partial charge is 0.374 e. The highest BCUT2D eigenvalue weighted by atomic mass is 16.5. The van der Waals surface area contributed by atoms with Crippen LogP contribution in [0, 0.1) is 0 Å². The Hall–Kier alpha value is -0.610. The van der Waals surface area contributed by atoms with Gasteiger partial charge in [-0.25, -0.2) is 0 Å². The van der Waals surface area contributed by atoms with Gasteiger partial charge in [-0.15, -0.1) is 0 Å². The van der Waals surface area contributed by atoms with Crippen molar-refractivity contribution >= 4 is 5.91 Å². The maximum Gasteiger partial charge on any atom is 0.236 e. The van der Waals surface area contributed by atoms with Crippen molar-refractivity contribution in [2.75, 3.05) is 19.7 Å². The summed E-state index contributed by atoms with van der Waals surface area (Å²) in [6.45, 7) is 1.52. The lowest BCUT2D eigenvalue weighted by Crippen LogP contribution is -2.52. The fraction of sp³-hybridized carbons (Fsp3) is 0.889. The first-order chi connectivity index (χ1) is 6.33. The zero-order valence-electron chi connectivity index (χ0n) is 7.74. The van der Waals surface area contributed by atoms with Crippen molar-refractivity contribution in [1.29, 1.82) is 0 Å². The molecule has 2 atom stereocenters. The molecule has 2 fully saturated rings. The standard InChI is InChI=1S/C9H16N2O2/c10-6-9(12)11-4-5-13-8-3-1-2-7(8)11/h7-8H,1-6,10H2/t7-,8+/m0/s1. The Labute approximate surface area is 78.0 Å². The fourth-order valence-corrected chi connectivity index (χ4v) is 2.35. The van der Waals surface area contributed by atoms with Crippen molar-refractivity contribution < 1.29 is 9.53 Å². The SMILES string of the molecule is NCC(=O)N1CCO[C@@H]2CCC[C@@H]21. The summed E-state index contributed by atoms with van der Waals surface area (Å²) in [4.78, 5) is 13.4. The fourth-order valence-electron chi connectivity index (χ4n) is 2.35. The zero-order chi connectivity index (χ0) is 9.26. The Bertz CT molecular complexity index is 208. The van der Waals surface area contributed by atoms with Crippen LogP contribution in [0.3, 0.4) is 0 Å². The third kappa shape index (κ3) is 1.56. The van der Waals surface area contributed by atoms with Crippen LogP contribution in [0.2, 0.25) is 0 Å². The number of morpholine rings is 1. The predicted molar refractivity (Wildman–Crippen MR) is 48.1 cm³/mol. The minimum Gasteiger partial charge on any atom is -0.374 e. The third-order valence-corrected chi connectivity index (χ3v) is 2.98. The first-order valence-corrected chi connectivity index (χ1v) is 4.94. The second kappa shape index (κ2) is 3.64. The summed E-state index contributed by atoms with van der Waals surface area (Å²) in [6, 6.07) is 0.310. The van der Waals surface area contributed by atoms with Gasteiger partial charge in [0.05, 0.1) is 25.3 Å². The Morgan fingerprint density at radius 3 is 3.15 bits per heavy atom. The molecular formula is C9H16N2O2. The van der Waals surface area contributed by atoms with Crippen molar-refractivity contribution in [2.45, 2.75) is 31.4 Å². The van der Waals surface area contributed by atoms with Crippen LogP contribution < -0.4 is 5.73 Å². The monoisotopic (exact) mass is 184 g/mol. The molecule has 1 heterocycles. The van der Waals surface area contributed by atoms with Crippen molar-refractivity contribution in [2.24, 2.45) is 5.73 Å². The van der Waals surface area contributed by atoms with E-state index in [2.05, 4.69) is 0 Å². The molecule has 13 heavy (non-hydrogen) atoms. The second-order valence-corrected chi connectivity index (χ2v) is 3.70. The number of carbonyl (C=O) groups excluding carboxylic acids is 1. The highest BCUT2D eigenvalue weighted by Gasteiger charge is 2.37. The minimum atomic E-state index is 0.0696. The van der Waals surface area contributed by atoms with E-state index >= 15 is 0 Å². The molecule has 0 radical (unpaired) electrons.